The van der Waals surface area contributed by atoms with Gasteiger partial charge >= 0.3 is 0 Å². The monoisotopic (exact) mass is 217 g/mol. The smallest absolute Gasteiger partial charge is 0.264 e. The highest BCUT2D eigenvalue weighted by Crippen LogP contribution is 1.98. The van der Waals surface area contributed by atoms with Crippen LogP contribution in [0.25, 0.3) is 0 Å². The highest BCUT2D eigenvalue weighted by atomic mass is 127. The summed E-state index contributed by atoms with van der Waals surface area (Å²) in [5.74, 6) is -0.583. The fourth-order valence-electron chi connectivity index (χ4n) is 0.109. The summed E-state index contributed by atoms with van der Waals surface area (Å²) in [5, 5.41) is 2.14. The van der Waals surface area contributed by atoms with E-state index in [0.29, 0.717) is 0 Å². The van der Waals surface area contributed by atoms with Gasteiger partial charge in [-0.1, -0.05) is 0 Å². The molecule has 0 aliphatic carbocycles. The molecule has 42 valence electrons. The number of hydrogen-bond acceptors (Lipinski definition) is 1. The fraction of sp³-hybridized carbons (Fsp3) is 0.667. The maximum atomic E-state index is 11.7. The van der Waals surface area contributed by atoms with Gasteiger partial charge in [0.25, 0.3) is 5.91 Å². The second-order valence-corrected chi connectivity index (χ2v) is 2.01. The van der Waals surface area contributed by atoms with Crippen molar-refractivity contribution in [3.8, 4) is 0 Å². The topological polar surface area (TPSA) is 29.1 Å². The zero-order chi connectivity index (χ0) is 5.86. The zero-order valence-electron chi connectivity index (χ0n) is 3.74. The molecule has 0 unspecified atom stereocenters. The highest BCUT2D eigenvalue weighted by molar-refractivity contribution is 14.1. The van der Waals surface area contributed by atoms with Gasteiger partial charge in [0.05, 0.1) is 0 Å². The first-order chi connectivity index (χ1) is 3.18. The molecule has 0 bridgehead atoms. The predicted octanol–water partition coefficient (Wildman–Crippen LogP) is 0.463. The molecule has 0 aliphatic heterocycles. The van der Waals surface area contributed by atoms with Crippen molar-refractivity contribution in [3.63, 3.8) is 0 Å². The first kappa shape index (κ1) is 7.13. The highest BCUT2D eigenvalue weighted by Gasteiger charge is 2.07. The molecule has 0 spiro atoms. The Balaban J connectivity index is 3.35. The third kappa shape index (κ3) is 2.78. The molecule has 4 heteroatoms. The minimum absolute atomic E-state index is 0.583. The van der Waals surface area contributed by atoms with Gasteiger partial charge < -0.3 is 5.32 Å². The molecule has 0 saturated heterocycles. The van der Waals surface area contributed by atoms with E-state index in [1.165, 1.54) is 29.6 Å². The quantitative estimate of drug-likeness (QED) is 0.501. The van der Waals surface area contributed by atoms with E-state index in [2.05, 4.69) is 5.32 Å². The third-order valence-corrected chi connectivity index (χ3v) is 1.01. The van der Waals surface area contributed by atoms with Crippen molar-refractivity contribution in [1.82, 2.24) is 5.32 Å². The molecule has 0 aromatic heterocycles. The molecular formula is C3H5FINO. The number of carbonyl (C=O) groups excluding carboxylic acids is 1. The van der Waals surface area contributed by atoms with Crippen molar-refractivity contribution < 1.29 is 9.18 Å². The SMILES string of the molecule is CNC(=O)[C@@H](F)I. The molecule has 1 amide bonds. The molecule has 0 radical (unpaired) electrons. The van der Waals surface area contributed by atoms with Gasteiger partial charge in [0.15, 0.2) is 0 Å². The summed E-state index contributed by atoms with van der Waals surface area (Å²) in [4.78, 5) is 10.0. The van der Waals surface area contributed by atoms with Gasteiger partial charge in [-0.15, -0.1) is 0 Å². The Morgan fingerprint density at radius 2 is 2.43 bits per heavy atom. The van der Waals surface area contributed by atoms with E-state index in [1.807, 2.05) is 0 Å². The molecule has 0 fully saturated rings. The van der Waals surface area contributed by atoms with Gasteiger partial charge in [-0.05, 0) is 22.6 Å². The lowest BCUT2D eigenvalue weighted by Gasteiger charge is -1.93. The summed E-state index contributed by atoms with van der Waals surface area (Å²) in [6.45, 7) is 0. The van der Waals surface area contributed by atoms with Gasteiger partial charge in [-0.3, -0.25) is 4.79 Å². The number of rotatable bonds is 1. The summed E-state index contributed by atoms with van der Waals surface area (Å²) in [5.41, 5.74) is 0. The normalized spacial score (nSPS) is 13.0. The van der Waals surface area contributed by atoms with Gasteiger partial charge in [0.2, 0.25) is 4.18 Å². The number of alkyl halides is 2. The minimum atomic E-state index is -1.41. The van der Waals surface area contributed by atoms with Crippen molar-refractivity contribution >= 4 is 28.5 Å². The lowest BCUT2D eigenvalue weighted by molar-refractivity contribution is -0.122. The van der Waals surface area contributed by atoms with E-state index in [4.69, 9.17) is 0 Å². The van der Waals surface area contributed by atoms with Crippen LogP contribution >= 0.6 is 22.6 Å². The molecular weight excluding hydrogens is 212 g/mol. The van der Waals surface area contributed by atoms with Crippen LogP contribution in [0.5, 0.6) is 0 Å². The summed E-state index contributed by atoms with van der Waals surface area (Å²) < 4.78 is 10.3. The van der Waals surface area contributed by atoms with Crippen LogP contribution in [0.1, 0.15) is 0 Å². The summed E-state index contributed by atoms with van der Waals surface area (Å²) in [6.07, 6.45) is 0. The van der Waals surface area contributed by atoms with E-state index >= 15 is 0 Å². The molecule has 0 saturated carbocycles. The van der Waals surface area contributed by atoms with Crippen LogP contribution in [-0.2, 0) is 4.79 Å². The van der Waals surface area contributed by atoms with Crippen LogP contribution in [0.4, 0.5) is 4.39 Å². The number of carbonyl (C=O) groups is 1. The number of amides is 1. The second kappa shape index (κ2) is 3.17. The maximum Gasteiger partial charge on any atom is 0.264 e. The van der Waals surface area contributed by atoms with Gasteiger partial charge in [0, 0.05) is 7.05 Å². The Morgan fingerprint density at radius 3 is 2.43 bits per heavy atom. The van der Waals surface area contributed by atoms with Crippen LogP contribution in [0.15, 0.2) is 0 Å². The van der Waals surface area contributed by atoms with Crippen LogP contribution in [0.2, 0.25) is 0 Å². The first-order valence-corrected chi connectivity index (χ1v) is 2.92. The molecule has 1 N–H and O–H groups in total. The number of nitrogens with one attached hydrogen (secondary N) is 1. The van der Waals surface area contributed by atoms with E-state index in [0.717, 1.165) is 0 Å². The number of halogens is 2. The lowest BCUT2D eigenvalue weighted by atomic mass is 10.7. The van der Waals surface area contributed by atoms with E-state index in [-0.39, 0.29) is 0 Å². The molecule has 0 heterocycles. The maximum absolute atomic E-state index is 11.7. The Labute approximate surface area is 54.6 Å². The van der Waals surface area contributed by atoms with Gasteiger partial charge in [0.1, 0.15) is 0 Å². The Morgan fingerprint density at radius 1 is 2.00 bits per heavy atom. The third-order valence-electron chi connectivity index (χ3n) is 0.445. The van der Waals surface area contributed by atoms with Crippen molar-refractivity contribution in [3.05, 3.63) is 0 Å². The first-order valence-electron chi connectivity index (χ1n) is 1.68. The van der Waals surface area contributed by atoms with Crippen molar-refractivity contribution in [1.29, 1.82) is 0 Å². The van der Waals surface area contributed by atoms with Gasteiger partial charge in [-0.2, -0.15) is 0 Å². The van der Waals surface area contributed by atoms with Crippen LogP contribution in [0.3, 0.4) is 0 Å². The van der Waals surface area contributed by atoms with Crippen LogP contribution in [0, 0.1) is 0 Å². The largest absolute Gasteiger partial charge is 0.356 e. The molecule has 0 aliphatic rings. The molecule has 2 nitrogen and oxygen atoms in total. The van der Waals surface area contributed by atoms with Crippen molar-refractivity contribution in [2.45, 2.75) is 4.18 Å². The summed E-state index contributed by atoms with van der Waals surface area (Å²) in [7, 11) is 1.40. The molecule has 0 aromatic carbocycles. The predicted molar refractivity (Wildman–Crippen MR) is 33.0 cm³/mol. The standard InChI is InChI=1S/C3H5FINO/c1-6-3(7)2(4)5/h2H,1H3,(H,6,7)/t2-/m0/s1. The molecule has 0 rings (SSSR count). The second-order valence-electron chi connectivity index (χ2n) is 0.915. The zero-order valence-corrected chi connectivity index (χ0v) is 5.90. The lowest BCUT2D eigenvalue weighted by Crippen LogP contribution is -2.23. The minimum Gasteiger partial charge on any atom is -0.356 e. The summed E-state index contributed by atoms with van der Waals surface area (Å²) in [6, 6.07) is 0. The van der Waals surface area contributed by atoms with Crippen LogP contribution in [-0.4, -0.2) is 17.1 Å². The van der Waals surface area contributed by atoms with Crippen molar-refractivity contribution in [2.75, 3.05) is 7.05 Å². The molecule has 0 aromatic rings. The molecule has 1 atom stereocenters. The number of hydrogen-bond donors (Lipinski definition) is 1. The van der Waals surface area contributed by atoms with E-state index in [1.54, 1.807) is 0 Å². The van der Waals surface area contributed by atoms with Crippen LogP contribution < -0.4 is 5.32 Å². The molecule has 7 heavy (non-hydrogen) atoms. The summed E-state index contributed by atoms with van der Waals surface area (Å²) >= 11 is 1.39. The fourth-order valence-corrected chi connectivity index (χ4v) is 0.421. The van der Waals surface area contributed by atoms with Gasteiger partial charge in [-0.25, -0.2) is 4.39 Å². The Hall–Kier alpha value is 0.130. The average Bonchev–Trinajstić information content (AvgIpc) is 1.65. The Kier molecular flexibility index (Phi) is 3.23. The van der Waals surface area contributed by atoms with E-state index < -0.39 is 10.1 Å². The van der Waals surface area contributed by atoms with E-state index in [9.17, 15) is 9.18 Å². The average molecular weight is 217 g/mol. The Bertz CT molecular complexity index is 75.3. The van der Waals surface area contributed by atoms with Crippen molar-refractivity contribution in [2.24, 2.45) is 0 Å².